The molecule has 0 bridgehead atoms. The molecule has 1 aliphatic heterocycles. The maximum Gasteiger partial charge on any atom is 0.414 e. The van der Waals surface area contributed by atoms with Gasteiger partial charge in [-0.25, -0.2) is 9.18 Å². The molecule has 1 fully saturated rings. The Balaban J connectivity index is 1.80. The van der Waals surface area contributed by atoms with Crippen LogP contribution < -0.4 is 16.0 Å². The SMILES string of the molecule is CC(=O)NC[C@H]1CN(c2ccc(-c3ccc(CN)c(O)c3)c(F)c2)C(=O)O1. The van der Waals surface area contributed by atoms with Gasteiger partial charge in [0.1, 0.15) is 17.7 Å². The maximum absolute atomic E-state index is 14.6. The van der Waals surface area contributed by atoms with Gasteiger partial charge in [-0.05, 0) is 29.8 Å². The number of aromatic hydroxyl groups is 1. The van der Waals surface area contributed by atoms with E-state index in [4.69, 9.17) is 10.5 Å². The Hall–Kier alpha value is -3.13. The van der Waals surface area contributed by atoms with Crippen molar-refractivity contribution < 1.29 is 23.8 Å². The molecule has 142 valence electrons. The molecule has 4 N–H and O–H groups in total. The molecule has 0 aromatic heterocycles. The third-order valence-electron chi connectivity index (χ3n) is 4.33. The zero-order valence-electron chi connectivity index (χ0n) is 14.7. The van der Waals surface area contributed by atoms with E-state index in [9.17, 15) is 19.1 Å². The highest BCUT2D eigenvalue weighted by Gasteiger charge is 2.32. The number of nitrogens with zero attached hydrogens (tertiary/aromatic N) is 1. The lowest BCUT2D eigenvalue weighted by Gasteiger charge is -2.15. The standard InChI is InChI=1S/C19H20FN3O4/c1-11(24)22-9-15-10-23(19(26)27-15)14-4-5-16(17(20)7-14)12-2-3-13(8-21)18(25)6-12/h2-7,15,25H,8-10,21H2,1H3,(H,22,24)/t15-/m0/s1. The molecule has 1 heterocycles. The molecular formula is C19H20FN3O4. The number of amides is 2. The van der Waals surface area contributed by atoms with E-state index >= 15 is 0 Å². The first kappa shape index (κ1) is 18.7. The number of cyclic esters (lactones) is 1. The van der Waals surface area contributed by atoms with Crippen LogP contribution in [-0.4, -0.2) is 36.3 Å². The fraction of sp³-hybridized carbons (Fsp3) is 0.263. The second-order valence-electron chi connectivity index (χ2n) is 6.27. The van der Waals surface area contributed by atoms with E-state index in [2.05, 4.69) is 5.32 Å². The lowest BCUT2D eigenvalue weighted by molar-refractivity contribution is -0.119. The van der Waals surface area contributed by atoms with E-state index in [-0.39, 0.29) is 31.3 Å². The van der Waals surface area contributed by atoms with E-state index in [1.807, 2.05) is 0 Å². The number of anilines is 1. The molecule has 1 saturated heterocycles. The van der Waals surface area contributed by atoms with Crippen molar-refractivity contribution >= 4 is 17.7 Å². The van der Waals surface area contributed by atoms with Gasteiger partial charge in [0.2, 0.25) is 5.91 Å². The second-order valence-corrected chi connectivity index (χ2v) is 6.27. The molecule has 0 unspecified atom stereocenters. The fourth-order valence-corrected chi connectivity index (χ4v) is 2.91. The molecule has 1 atom stereocenters. The zero-order chi connectivity index (χ0) is 19.6. The quantitative estimate of drug-likeness (QED) is 0.745. The number of halogens is 1. The molecule has 2 aromatic carbocycles. The second kappa shape index (κ2) is 7.63. The summed E-state index contributed by atoms with van der Waals surface area (Å²) in [4.78, 5) is 24.3. The molecule has 0 radical (unpaired) electrons. The summed E-state index contributed by atoms with van der Waals surface area (Å²) in [5, 5.41) is 12.5. The first-order valence-corrected chi connectivity index (χ1v) is 8.43. The van der Waals surface area contributed by atoms with Crippen LogP contribution in [0.2, 0.25) is 0 Å². The monoisotopic (exact) mass is 373 g/mol. The number of benzene rings is 2. The maximum atomic E-state index is 14.6. The van der Waals surface area contributed by atoms with Crippen LogP contribution in [0.25, 0.3) is 11.1 Å². The smallest absolute Gasteiger partial charge is 0.414 e. The fourth-order valence-electron chi connectivity index (χ4n) is 2.91. The first-order valence-electron chi connectivity index (χ1n) is 8.43. The number of hydrogen-bond acceptors (Lipinski definition) is 5. The Labute approximate surface area is 155 Å². The van der Waals surface area contributed by atoms with E-state index in [0.717, 1.165) is 0 Å². The molecule has 0 aliphatic carbocycles. The van der Waals surface area contributed by atoms with E-state index in [0.29, 0.717) is 22.4 Å². The number of carbonyl (C=O) groups excluding carboxylic acids is 2. The minimum absolute atomic E-state index is 0.00223. The molecule has 7 nitrogen and oxygen atoms in total. The summed E-state index contributed by atoms with van der Waals surface area (Å²) in [7, 11) is 0. The Morgan fingerprint density at radius 3 is 2.78 bits per heavy atom. The van der Waals surface area contributed by atoms with Gasteiger partial charge in [-0.1, -0.05) is 12.1 Å². The molecular weight excluding hydrogens is 353 g/mol. The molecule has 8 heteroatoms. The van der Waals surface area contributed by atoms with Crippen LogP contribution in [-0.2, 0) is 16.1 Å². The highest BCUT2D eigenvalue weighted by atomic mass is 19.1. The minimum atomic E-state index is -0.595. The predicted octanol–water partition coefficient (Wildman–Crippen LogP) is 2.12. The normalized spacial score (nSPS) is 16.3. The average molecular weight is 373 g/mol. The molecule has 0 saturated carbocycles. The average Bonchev–Trinajstić information content (AvgIpc) is 3.00. The largest absolute Gasteiger partial charge is 0.508 e. The highest BCUT2D eigenvalue weighted by molar-refractivity contribution is 5.90. The van der Waals surface area contributed by atoms with Crippen LogP contribution in [0, 0.1) is 5.82 Å². The molecule has 1 aliphatic rings. The first-order chi connectivity index (χ1) is 12.9. The van der Waals surface area contributed by atoms with E-state index in [1.54, 1.807) is 18.2 Å². The van der Waals surface area contributed by atoms with Crippen LogP contribution in [0.15, 0.2) is 36.4 Å². The van der Waals surface area contributed by atoms with Crippen molar-refractivity contribution in [3.63, 3.8) is 0 Å². The van der Waals surface area contributed by atoms with Gasteiger partial charge in [-0.15, -0.1) is 0 Å². The summed E-state index contributed by atoms with van der Waals surface area (Å²) in [5.41, 5.74) is 7.23. The van der Waals surface area contributed by atoms with Crippen LogP contribution in [0.1, 0.15) is 12.5 Å². The summed E-state index contributed by atoms with van der Waals surface area (Å²) in [5.74, 6) is -0.753. The number of ether oxygens (including phenoxy) is 1. The number of phenolic OH excluding ortho intramolecular Hbond substituents is 1. The van der Waals surface area contributed by atoms with Crippen LogP contribution in [0.3, 0.4) is 0 Å². The third-order valence-corrected chi connectivity index (χ3v) is 4.33. The van der Waals surface area contributed by atoms with Crippen LogP contribution >= 0.6 is 0 Å². The van der Waals surface area contributed by atoms with Crippen molar-refractivity contribution in [1.82, 2.24) is 5.32 Å². The number of carbonyl (C=O) groups is 2. The number of nitrogens with one attached hydrogen (secondary N) is 1. The van der Waals surface area contributed by atoms with Crippen molar-refractivity contribution in [1.29, 1.82) is 0 Å². The number of phenols is 1. The van der Waals surface area contributed by atoms with E-state index in [1.165, 1.54) is 30.0 Å². The molecule has 3 rings (SSSR count). The molecule has 27 heavy (non-hydrogen) atoms. The summed E-state index contributed by atoms with van der Waals surface area (Å²) < 4.78 is 19.8. The summed E-state index contributed by atoms with van der Waals surface area (Å²) in [6, 6.07) is 9.15. The summed E-state index contributed by atoms with van der Waals surface area (Å²) >= 11 is 0. The zero-order valence-corrected chi connectivity index (χ0v) is 14.7. The minimum Gasteiger partial charge on any atom is -0.508 e. The van der Waals surface area contributed by atoms with Gasteiger partial charge < -0.3 is 20.9 Å². The van der Waals surface area contributed by atoms with Crippen molar-refractivity contribution in [2.75, 3.05) is 18.0 Å². The number of rotatable bonds is 5. The van der Waals surface area contributed by atoms with Crippen LogP contribution in [0.5, 0.6) is 5.75 Å². The lowest BCUT2D eigenvalue weighted by Crippen LogP contribution is -2.33. The summed E-state index contributed by atoms with van der Waals surface area (Å²) in [6.45, 7) is 1.97. The van der Waals surface area contributed by atoms with Gasteiger partial charge in [0.05, 0.1) is 18.8 Å². The third kappa shape index (κ3) is 4.01. The molecule has 2 amide bonds. The van der Waals surface area contributed by atoms with Gasteiger partial charge in [0, 0.05) is 24.6 Å². The predicted molar refractivity (Wildman–Crippen MR) is 97.7 cm³/mol. The lowest BCUT2D eigenvalue weighted by atomic mass is 10.0. The van der Waals surface area contributed by atoms with E-state index < -0.39 is 18.0 Å². The Kier molecular flexibility index (Phi) is 5.27. The Bertz CT molecular complexity index is 887. The van der Waals surface area contributed by atoms with Crippen molar-refractivity contribution in [3.05, 3.63) is 47.8 Å². The van der Waals surface area contributed by atoms with Gasteiger partial charge in [0.15, 0.2) is 0 Å². The van der Waals surface area contributed by atoms with Gasteiger partial charge in [-0.2, -0.15) is 0 Å². The van der Waals surface area contributed by atoms with Crippen LogP contribution in [0.4, 0.5) is 14.9 Å². The van der Waals surface area contributed by atoms with Gasteiger partial charge >= 0.3 is 6.09 Å². The van der Waals surface area contributed by atoms with Crippen molar-refractivity contribution in [2.24, 2.45) is 5.73 Å². The van der Waals surface area contributed by atoms with Crippen molar-refractivity contribution in [3.8, 4) is 16.9 Å². The number of nitrogens with two attached hydrogens (primary N) is 1. The highest BCUT2D eigenvalue weighted by Crippen LogP contribution is 2.31. The van der Waals surface area contributed by atoms with Crippen molar-refractivity contribution in [2.45, 2.75) is 19.6 Å². The molecule has 2 aromatic rings. The Morgan fingerprint density at radius 1 is 1.37 bits per heavy atom. The van der Waals surface area contributed by atoms with Gasteiger partial charge in [-0.3, -0.25) is 9.69 Å². The summed E-state index contributed by atoms with van der Waals surface area (Å²) in [6.07, 6.45) is -1.09. The number of hydrogen-bond donors (Lipinski definition) is 3. The van der Waals surface area contributed by atoms with Gasteiger partial charge in [0.25, 0.3) is 0 Å². The Morgan fingerprint density at radius 2 is 2.15 bits per heavy atom. The topological polar surface area (TPSA) is 105 Å². The molecule has 0 spiro atoms.